The van der Waals surface area contributed by atoms with Crippen LogP contribution in [0.5, 0.6) is 0 Å². The molecule has 0 aliphatic heterocycles. The van der Waals surface area contributed by atoms with E-state index in [1.165, 1.54) is 12.1 Å². The summed E-state index contributed by atoms with van der Waals surface area (Å²) in [5, 5.41) is 5.39. The Morgan fingerprint density at radius 3 is 2.29 bits per heavy atom. The maximum atomic E-state index is 12.6. The highest BCUT2D eigenvalue weighted by Gasteiger charge is 2.30. The maximum absolute atomic E-state index is 12.6. The average Bonchev–Trinajstić information content (AvgIpc) is 2.53. The van der Waals surface area contributed by atoms with Crippen LogP contribution >= 0.6 is 0 Å². The molecule has 2 N–H and O–H groups in total. The first-order valence-electron chi connectivity index (χ1n) is 7.56. The first kappa shape index (κ1) is 17.8. The fraction of sp³-hybridized carbons (Fsp3) is 0.278. The number of halogens is 3. The Morgan fingerprint density at radius 2 is 1.71 bits per heavy atom. The number of benzene rings is 2. The van der Waals surface area contributed by atoms with Gasteiger partial charge in [-0.2, -0.15) is 13.2 Å². The van der Waals surface area contributed by atoms with Crippen LogP contribution in [-0.4, -0.2) is 12.5 Å². The van der Waals surface area contributed by atoms with Crippen LogP contribution in [0.3, 0.4) is 0 Å². The highest BCUT2D eigenvalue weighted by molar-refractivity contribution is 5.93. The van der Waals surface area contributed by atoms with Crippen molar-refractivity contribution in [3.63, 3.8) is 0 Å². The fourth-order valence-corrected chi connectivity index (χ4v) is 2.14. The molecule has 0 saturated carbocycles. The molecule has 24 heavy (non-hydrogen) atoms. The summed E-state index contributed by atoms with van der Waals surface area (Å²) in [5.41, 5.74) is 1.30. The van der Waals surface area contributed by atoms with E-state index in [-0.39, 0.29) is 18.1 Å². The van der Waals surface area contributed by atoms with E-state index in [4.69, 9.17) is 0 Å². The third-order valence-corrected chi connectivity index (χ3v) is 3.50. The zero-order valence-corrected chi connectivity index (χ0v) is 13.4. The quantitative estimate of drug-likeness (QED) is 0.817. The Bertz CT molecular complexity index is 694. The highest BCUT2D eigenvalue weighted by atomic mass is 19.4. The molecule has 2 aromatic carbocycles. The molecular formula is C18H19F3N2O. The molecule has 0 aliphatic carbocycles. The summed E-state index contributed by atoms with van der Waals surface area (Å²) in [4.78, 5) is 11.9. The van der Waals surface area contributed by atoms with Crippen LogP contribution in [0.25, 0.3) is 0 Å². The van der Waals surface area contributed by atoms with E-state index < -0.39 is 11.7 Å². The molecule has 128 valence electrons. The van der Waals surface area contributed by atoms with Gasteiger partial charge in [0.2, 0.25) is 5.91 Å². The molecule has 0 fully saturated rings. The number of nitrogens with one attached hydrogen (secondary N) is 2. The third kappa shape index (κ3) is 5.01. The zero-order valence-electron chi connectivity index (χ0n) is 13.4. The van der Waals surface area contributed by atoms with E-state index in [1.54, 1.807) is 12.1 Å². The van der Waals surface area contributed by atoms with E-state index in [2.05, 4.69) is 24.5 Å². The van der Waals surface area contributed by atoms with Gasteiger partial charge in [0.25, 0.3) is 0 Å². The lowest BCUT2D eigenvalue weighted by Crippen LogP contribution is -2.21. The Hall–Kier alpha value is -2.50. The second-order valence-corrected chi connectivity index (χ2v) is 5.76. The number of carbonyl (C=O) groups is 1. The highest BCUT2D eigenvalue weighted by Crippen LogP contribution is 2.30. The molecule has 0 aromatic heterocycles. The Kier molecular flexibility index (Phi) is 5.49. The lowest BCUT2D eigenvalue weighted by molar-refractivity contribution is -0.137. The average molecular weight is 336 g/mol. The van der Waals surface area contributed by atoms with Gasteiger partial charge in [0.15, 0.2) is 0 Å². The molecule has 3 nitrogen and oxygen atoms in total. The number of hydrogen-bond acceptors (Lipinski definition) is 2. The first-order chi connectivity index (χ1) is 11.3. The maximum Gasteiger partial charge on any atom is 0.416 e. The molecule has 0 saturated heterocycles. The topological polar surface area (TPSA) is 41.1 Å². The molecule has 6 heteroatoms. The van der Waals surface area contributed by atoms with Crippen LogP contribution in [0.15, 0.2) is 48.5 Å². The number of hydrogen-bond donors (Lipinski definition) is 2. The monoisotopic (exact) mass is 336 g/mol. The van der Waals surface area contributed by atoms with Crippen LogP contribution in [0.2, 0.25) is 0 Å². The molecule has 0 atom stereocenters. The Labute approximate surface area is 138 Å². The van der Waals surface area contributed by atoms with Gasteiger partial charge in [-0.25, -0.2) is 0 Å². The van der Waals surface area contributed by atoms with E-state index in [1.807, 2.05) is 12.1 Å². The number of alkyl halides is 3. The van der Waals surface area contributed by atoms with Crippen molar-refractivity contribution in [1.82, 2.24) is 0 Å². The molecule has 0 spiro atoms. The van der Waals surface area contributed by atoms with Gasteiger partial charge in [-0.1, -0.05) is 32.0 Å². The van der Waals surface area contributed by atoms with Gasteiger partial charge in [-0.15, -0.1) is 0 Å². The van der Waals surface area contributed by atoms with Crippen molar-refractivity contribution < 1.29 is 18.0 Å². The minimum Gasteiger partial charge on any atom is -0.376 e. The van der Waals surface area contributed by atoms with Gasteiger partial charge >= 0.3 is 6.18 Å². The molecule has 0 aliphatic rings. The second kappa shape index (κ2) is 7.38. The van der Waals surface area contributed by atoms with Gasteiger partial charge in [-0.05, 0) is 41.8 Å². The Balaban J connectivity index is 1.91. The lowest BCUT2D eigenvalue weighted by Gasteiger charge is -2.11. The summed E-state index contributed by atoms with van der Waals surface area (Å²) in [6.07, 6.45) is -4.40. The van der Waals surface area contributed by atoms with Crippen molar-refractivity contribution in [3.8, 4) is 0 Å². The number of amides is 1. The molecule has 0 heterocycles. The molecule has 0 radical (unpaired) electrons. The van der Waals surface area contributed by atoms with Crippen LogP contribution in [0.4, 0.5) is 24.5 Å². The summed E-state index contributed by atoms with van der Waals surface area (Å²) >= 11 is 0. The standard InChI is InChI=1S/C18H19F3N2O/c1-12(2)13-6-8-15(9-7-13)23-17(24)11-22-16-5-3-4-14(10-16)18(19,20)21/h3-10,12,22H,11H2,1-2H3,(H,23,24). The molecule has 0 unspecified atom stereocenters. The molecular weight excluding hydrogens is 317 g/mol. The molecule has 0 bridgehead atoms. The summed E-state index contributed by atoms with van der Waals surface area (Å²) in [6, 6.07) is 12.2. The van der Waals surface area contributed by atoms with Crippen molar-refractivity contribution >= 4 is 17.3 Å². The molecule has 1 amide bonds. The predicted molar refractivity (Wildman–Crippen MR) is 89.1 cm³/mol. The van der Waals surface area contributed by atoms with Crippen molar-refractivity contribution in [2.45, 2.75) is 25.9 Å². The van der Waals surface area contributed by atoms with Crippen molar-refractivity contribution in [2.24, 2.45) is 0 Å². The van der Waals surface area contributed by atoms with Gasteiger partial charge in [-0.3, -0.25) is 4.79 Å². The van der Waals surface area contributed by atoms with E-state index in [9.17, 15) is 18.0 Å². The first-order valence-corrected chi connectivity index (χ1v) is 7.56. The van der Waals surface area contributed by atoms with Gasteiger partial charge < -0.3 is 10.6 Å². The normalized spacial score (nSPS) is 11.4. The van der Waals surface area contributed by atoms with Crippen LogP contribution in [0.1, 0.15) is 30.9 Å². The summed E-state index contributed by atoms with van der Waals surface area (Å²) in [5.74, 6) is 0.0713. The van der Waals surface area contributed by atoms with Crippen molar-refractivity contribution in [1.29, 1.82) is 0 Å². The molecule has 2 aromatic rings. The summed E-state index contributed by atoms with van der Waals surface area (Å²) in [6.45, 7) is 4.03. The van der Waals surface area contributed by atoms with E-state index >= 15 is 0 Å². The van der Waals surface area contributed by atoms with Gasteiger partial charge in [0, 0.05) is 11.4 Å². The van der Waals surface area contributed by atoms with Crippen LogP contribution in [0, 0.1) is 0 Å². The summed E-state index contributed by atoms with van der Waals surface area (Å²) in [7, 11) is 0. The van der Waals surface area contributed by atoms with E-state index in [0.29, 0.717) is 11.6 Å². The molecule has 2 rings (SSSR count). The smallest absolute Gasteiger partial charge is 0.376 e. The fourth-order valence-electron chi connectivity index (χ4n) is 2.14. The minimum absolute atomic E-state index is 0.118. The van der Waals surface area contributed by atoms with Crippen molar-refractivity contribution in [3.05, 3.63) is 59.7 Å². The largest absolute Gasteiger partial charge is 0.416 e. The van der Waals surface area contributed by atoms with Gasteiger partial charge in [0.1, 0.15) is 0 Å². The van der Waals surface area contributed by atoms with E-state index in [0.717, 1.165) is 17.7 Å². The SMILES string of the molecule is CC(C)c1ccc(NC(=O)CNc2cccc(C(F)(F)F)c2)cc1. The number of anilines is 2. The second-order valence-electron chi connectivity index (χ2n) is 5.76. The lowest BCUT2D eigenvalue weighted by atomic mass is 10.0. The van der Waals surface area contributed by atoms with Crippen LogP contribution < -0.4 is 10.6 Å². The van der Waals surface area contributed by atoms with Gasteiger partial charge in [0.05, 0.1) is 12.1 Å². The Morgan fingerprint density at radius 1 is 1.04 bits per heavy atom. The zero-order chi connectivity index (χ0) is 17.7. The summed E-state index contributed by atoms with van der Waals surface area (Å²) < 4.78 is 37.9. The number of rotatable bonds is 5. The number of carbonyl (C=O) groups excluding carboxylic acids is 1. The van der Waals surface area contributed by atoms with Crippen molar-refractivity contribution in [2.75, 3.05) is 17.2 Å². The predicted octanol–water partition coefficient (Wildman–Crippen LogP) is 4.88. The third-order valence-electron chi connectivity index (χ3n) is 3.50. The minimum atomic E-state index is -4.40. The van der Waals surface area contributed by atoms with Crippen LogP contribution in [-0.2, 0) is 11.0 Å².